The van der Waals surface area contributed by atoms with Crippen LogP contribution in [0.25, 0.3) is 0 Å². The minimum absolute atomic E-state index is 0.105. The molecule has 3 rings (SSSR count). The Bertz CT molecular complexity index is 670. The van der Waals surface area contributed by atoms with E-state index in [2.05, 4.69) is 11.1 Å². The molecule has 5 heteroatoms. The zero-order valence-corrected chi connectivity index (χ0v) is 12.2. The van der Waals surface area contributed by atoms with Crippen molar-refractivity contribution in [2.75, 3.05) is 7.11 Å². The Hall–Kier alpha value is -1.88. The first-order valence-electron chi connectivity index (χ1n) is 6.48. The van der Waals surface area contributed by atoms with E-state index in [0.29, 0.717) is 23.2 Å². The van der Waals surface area contributed by atoms with Crippen LogP contribution in [0, 0.1) is 6.92 Å². The highest BCUT2D eigenvalue weighted by atomic mass is 32.1. The third-order valence-electron chi connectivity index (χ3n) is 3.82. The van der Waals surface area contributed by atoms with Crippen LogP contribution in [-0.2, 0) is 11.2 Å². The van der Waals surface area contributed by atoms with Gasteiger partial charge in [-0.05, 0) is 30.4 Å². The molecule has 104 valence electrons. The van der Waals surface area contributed by atoms with Gasteiger partial charge in [-0.1, -0.05) is 6.07 Å². The number of hydrogen-bond donors (Lipinski definition) is 1. The number of rotatable bonds is 2. The average Bonchev–Trinajstić information content (AvgIpc) is 3.06. The highest BCUT2D eigenvalue weighted by Crippen LogP contribution is 2.36. The topological polar surface area (TPSA) is 59.2 Å². The van der Waals surface area contributed by atoms with E-state index < -0.39 is 5.97 Å². The molecule has 1 aliphatic rings. The lowest BCUT2D eigenvalue weighted by molar-refractivity contribution is 0.0593. The van der Waals surface area contributed by atoms with E-state index in [1.165, 1.54) is 12.0 Å². The van der Waals surface area contributed by atoms with Crippen LogP contribution in [0.2, 0.25) is 0 Å². The number of Topliss-reactive ketones (excluding diaryl/α,β-unsaturated/α-hetero) is 1. The lowest BCUT2D eigenvalue weighted by Crippen LogP contribution is -2.17. The highest BCUT2D eigenvalue weighted by molar-refractivity contribution is 7.10. The summed E-state index contributed by atoms with van der Waals surface area (Å²) in [4.78, 5) is 28.4. The Kier molecular flexibility index (Phi) is 3.22. The second-order valence-electron chi connectivity index (χ2n) is 5.01. The first-order chi connectivity index (χ1) is 9.61. The Morgan fingerprint density at radius 3 is 2.90 bits per heavy atom. The maximum Gasteiger partial charge on any atom is 0.354 e. The molecule has 2 aromatic heterocycles. The number of aromatic nitrogens is 1. The predicted molar refractivity (Wildman–Crippen MR) is 76.6 cm³/mol. The second-order valence-corrected chi connectivity index (χ2v) is 5.99. The summed E-state index contributed by atoms with van der Waals surface area (Å²) in [6, 6.07) is 4.06. The third-order valence-corrected chi connectivity index (χ3v) is 4.86. The Morgan fingerprint density at radius 2 is 2.25 bits per heavy atom. The molecule has 0 aromatic carbocycles. The Labute approximate surface area is 120 Å². The monoisotopic (exact) mass is 289 g/mol. The van der Waals surface area contributed by atoms with Crippen molar-refractivity contribution < 1.29 is 14.3 Å². The molecule has 0 unspecified atom stereocenters. The molecule has 0 spiro atoms. The van der Waals surface area contributed by atoms with Gasteiger partial charge in [-0.2, -0.15) is 0 Å². The molecular formula is C15H15NO3S. The molecule has 0 saturated heterocycles. The zero-order valence-electron chi connectivity index (χ0n) is 11.4. The largest absolute Gasteiger partial charge is 0.464 e. The number of ether oxygens (including phenoxy) is 1. The van der Waals surface area contributed by atoms with Crippen LogP contribution in [0.4, 0.5) is 0 Å². The van der Waals surface area contributed by atoms with Crippen LogP contribution in [-0.4, -0.2) is 23.8 Å². The summed E-state index contributed by atoms with van der Waals surface area (Å²) < 4.78 is 4.75. The number of thiophene rings is 1. The number of esters is 1. The van der Waals surface area contributed by atoms with Gasteiger partial charge in [0, 0.05) is 28.5 Å². The van der Waals surface area contributed by atoms with Gasteiger partial charge in [-0.25, -0.2) is 4.79 Å². The molecule has 4 nitrogen and oxygen atoms in total. The fourth-order valence-electron chi connectivity index (χ4n) is 2.86. The Balaban J connectivity index is 2.01. The van der Waals surface area contributed by atoms with Crippen molar-refractivity contribution in [3.63, 3.8) is 0 Å². The first-order valence-corrected chi connectivity index (χ1v) is 7.36. The van der Waals surface area contributed by atoms with Crippen LogP contribution in [0.3, 0.4) is 0 Å². The number of hydrogen-bond acceptors (Lipinski definition) is 4. The molecule has 20 heavy (non-hydrogen) atoms. The number of carbonyl (C=O) groups excluding carboxylic acids is 2. The van der Waals surface area contributed by atoms with Crippen LogP contribution < -0.4 is 0 Å². The summed E-state index contributed by atoms with van der Waals surface area (Å²) in [7, 11) is 1.35. The number of nitrogens with one attached hydrogen (secondary N) is 1. The molecule has 2 aromatic rings. The van der Waals surface area contributed by atoms with Crippen LogP contribution in [0.5, 0.6) is 0 Å². The van der Waals surface area contributed by atoms with Crippen molar-refractivity contribution in [1.29, 1.82) is 0 Å². The molecule has 0 aliphatic heterocycles. The quantitative estimate of drug-likeness (QED) is 0.864. The van der Waals surface area contributed by atoms with E-state index in [-0.39, 0.29) is 11.7 Å². The van der Waals surface area contributed by atoms with E-state index >= 15 is 0 Å². The number of carbonyl (C=O) groups is 2. The van der Waals surface area contributed by atoms with E-state index in [1.807, 2.05) is 11.4 Å². The van der Waals surface area contributed by atoms with Crippen molar-refractivity contribution in [1.82, 2.24) is 4.98 Å². The van der Waals surface area contributed by atoms with Gasteiger partial charge in [0.2, 0.25) is 0 Å². The average molecular weight is 289 g/mol. The van der Waals surface area contributed by atoms with Gasteiger partial charge < -0.3 is 9.72 Å². The predicted octanol–water partition coefficient (Wildman–Crippen LogP) is 3.08. The fourth-order valence-corrected chi connectivity index (χ4v) is 3.69. The molecule has 0 amide bonds. The number of aromatic amines is 1. The van der Waals surface area contributed by atoms with Crippen molar-refractivity contribution in [2.24, 2.45) is 0 Å². The molecule has 0 saturated carbocycles. The summed E-state index contributed by atoms with van der Waals surface area (Å²) >= 11 is 1.67. The van der Waals surface area contributed by atoms with E-state index in [0.717, 1.165) is 12.1 Å². The second kappa shape index (κ2) is 4.90. The normalized spacial score (nSPS) is 17.9. The molecule has 0 bridgehead atoms. The first kappa shape index (κ1) is 13.1. The van der Waals surface area contributed by atoms with Gasteiger partial charge in [0.05, 0.1) is 7.11 Å². The molecular weight excluding hydrogens is 274 g/mol. The molecule has 1 N–H and O–H groups in total. The summed E-state index contributed by atoms with van der Waals surface area (Å²) in [5.41, 5.74) is 2.65. The Morgan fingerprint density at radius 1 is 1.45 bits per heavy atom. The number of fused-ring (bicyclic) bond motifs is 1. The van der Waals surface area contributed by atoms with Gasteiger partial charge in [-0.3, -0.25) is 4.79 Å². The SMILES string of the molecule is COC(=O)c1[nH]c2c(c1C)C(=O)C[C@H](c1cccs1)C2. The maximum atomic E-state index is 12.4. The lowest BCUT2D eigenvalue weighted by Gasteiger charge is -2.20. The zero-order chi connectivity index (χ0) is 14.3. The van der Waals surface area contributed by atoms with E-state index in [1.54, 1.807) is 18.3 Å². The summed E-state index contributed by atoms with van der Waals surface area (Å²) in [5, 5.41) is 2.02. The smallest absolute Gasteiger partial charge is 0.354 e. The van der Waals surface area contributed by atoms with Gasteiger partial charge in [-0.15, -0.1) is 11.3 Å². The number of ketones is 1. The minimum Gasteiger partial charge on any atom is -0.464 e. The van der Waals surface area contributed by atoms with Gasteiger partial charge in [0.1, 0.15) is 5.69 Å². The van der Waals surface area contributed by atoms with Crippen LogP contribution in [0.15, 0.2) is 17.5 Å². The van der Waals surface area contributed by atoms with E-state index in [4.69, 9.17) is 4.74 Å². The van der Waals surface area contributed by atoms with Crippen molar-refractivity contribution >= 4 is 23.1 Å². The number of H-pyrrole nitrogens is 1. The van der Waals surface area contributed by atoms with Crippen molar-refractivity contribution in [3.05, 3.63) is 44.9 Å². The van der Waals surface area contributed by atoms with Crippen molar-refractivity contribution in [3.8, 4) is 0 Å². The van der Waals surface area contributed by atoms with Crippen LogP contribution in [0.1, 0.15) is 49.3 Å². The van der Waals surface area contributed by atoms with Gasteiger partial charge in [0.15, 0.2) is 5.78 Å². The third kappa shape index (κ3) is 1.98. The molecule has 0 radical (unpaired) electrons. The van der Waals surface area contributed by atoms with Crippen molar-refractivity contribution in [2.45, 2.75) is 25.7 Å². The molecule has 0 fully saturated rings. The fraction of sp³-hybridized carbons (Fsp3) is 0.333. The highest BCUT2D eigenvalue weighted by Gasteiger charge is 2.32. The van der Waals surface area contributed by atoms with E-state index in [9.17, 15) is 9.59 Å². The van der Waals surface area contributed by atoms with Gasteiger partial charge >= 0.3 is 5.97 Å². The standard InChI is InChI=1S/C15H15NO3S/c1-8-13-10(16-14(8)15(18)19-2)6-9(7-11(13)17)12-4-3-5-20-12/h3-5,9,16H,6-7H2,1-2H3/t9-/m1/s1. The molecule has 1 aliphatic carbocycles. The minimum atomic E-state index is -0.419. The summed E-state index contributed by atoms with van der Waals surface area (Å²) in [5.74, 6) is -0.107. The summed E-state index contributed by atoms with van der Waals surface area (Å²) in [6.07, 6.45) is 1.27. The number of methoxy groups -OCH3 is 1. The summed E-state index contributed by atoms with van der Waals surface area (Å²) in [6.45, 7) is 1.80. The maximum absolute atomic E-state index is 12.4. The van der Waals surface area contributed by atoms with Gasteiger partial charge in [0.25, 0.3) is 0 Å². The lowest BCUT2D eigenvalue weighted by atomic mass is 9.84. The molecule has 2 heterocycles. The van der Waals surface area contributed by atoms with Crippen LogP contribution >= 0.6 is 11.3 Å². The molecule has 1 atom stereocenters.